The number of carboxylic acids is 1. The Labute approximate surface area is 216 Å². The van der Waals surface area contributed by atoms with Crippen LogP contribution in [0.1, 0.15) is 36.2 Å². The van der Waals surface area contributed by atoms with Crippen molar-refractivity contribution in [2.75, 3.05) is 12.4 Å². The number of nitrogens with one attached hydrogen (secondary N) is 1. The average molecular weight is 523 g/mol. The molecule has 0 aliphatic rings. The normalized spacial score (nSPS) is 11.6. The van der Waals surface area contributed by atoms with Gasteiger partial charge in [-0.25, -0.2) is 4.79 Å². The number of amides is 1. The molecule has 4 rings (SSSR count). The van der Waals surface area contributed by atoms with Crippen LogP contribution in [0.5, 0.6) is 5.75 Å². The Balaban J connectivity index is 1.73. The zero-order valence-corrected chi connectivity index (χ0v) is 20.7. The molecule has 1 atom stereocenters. The number of nitrogens with zero attached hydrogens (tertiary/aromatic N) is 5. The molecule has 2 N–H and O–H groups in total. The lowest BCUT2D eigenvalue weighted by Gasteiger charge is -2.21. The predicted molar refractivity (Wildman–Crippen MR) is 136 cm³/mol. The van der Waals surface area contributed by atoms with E-state index in [9.17, 15) is 14.4 Å². The van der Waals surface area contributed by atoms with Gasteiger partial charge < -0.3 is 15.2 Å². The van der Waals surface area contributed by atoms with Gasteiger partial charge in [0.15, 0.2) is 0 Å². The number of carboxylic acid groups (broad SMARTS) is 1. The Morgan fingerprint density at radius 3 is 2.51 bits per heavy atom. The highest BCUT2D eigenvalue weighted by Crippen LogP contribution is 2.35. The third-order valence-corrected chi connectivity index (χ3v) is 5.94. The van der Waals surface area contributed by atoms with E-state index in [1.54, 1.807) is 18.2 Å². The number of aromatic nitrogens is 5. The van der Waals surface area contributed by atoms with E-state index in [0.717, 1.165) is 0 Å². The van der Waals surface area contributed by atoms with Crippen LogP contribution in [0.15, 0.2) is 65.8 Å². The van der Waals surface area contributed by atoms with Crippen LogP contribution in [0, 0.1) is 0 Å². The highest BCUT2D eigenvalue weighted by molar-refractivity contribution is 6.31. The summed E-state index contributed by atoms with van der Waals surface area (Å²) in [6, 6.07) is 11.4. The second kappa shape index (κ2) is 11.0. The molecule has 0 saturated heterocycles. The Kier molecular flexibility index (Phi) is 7.63. The van der Waals surface area contributed by atoms with Gasteiger partial charge in [-0.2, -0.15) is 4.68 Å². The summed E-state index contributed by atoms with van der Waals surface area (Å²) < 4.78 is 8.39. The zero-order valence-electron chi connectivity index (χ0n) is 20.0. The van der Waals surface area contributed by atoms with Gasteiger partial charge in [-0.15, -0.1) is 5.10 Å². The van der Waals surface area contributed by atoms with E-state index in [-0.39, 0.29) is 5.56 Å². The molecule has 0 fully saturated rings. The number of carbonyl (C=O) groups is 2. The number of hydrogen-bond donors (Lipinski definition) is 2. The molecule has 0 radical (unpaired) electrons. The molecule has 2 aromatic carbocycles. The SMILES string of the molecule is CCCC(C(=O)Nc1ccc(C(=O)O)cc1)n1cc(OC)c(-c2cc(Cl)ccc2-n2cnnn2)cc1=O. The Hall–Kier alpha value is -4.51. The van der Waals surface area contributed by atoms with E-state index in [4.69, 9.17) is 21.4 Å². The van der Waals surface area contributed by atoms with Gasteiger partial charge in [0.25, 0.3) is 5.56 Å². The maximum atomic E-state index is 13.3. The van der Waals surface area contributed by atoms with Crippen molar-refractivity contribution in [1.82, 2.24) is 24.8 Å². The summed E-state index contributed by atoms with van der Waals surface area (Å²) >= 11 is 6.26. The van der Waals surface area contributed by atoms with E-state index >= 15 is 0 Å². The van der Waals surface area contributed by atoms with Gasteiger partial charge in [0.05, 0.1) is 24.6 Å². The molecule has 0 aliphatic carbocycles. The second-order valence-electron chi connectivity index (χ2n) is 8.09. The molecule has 37 heavy (non-hydrogen) atoms. The fourth-order valence-electron chi connectivity index (χ4n) is 3.93. The highest BCUT2D eigenvalue weighted by Gasteiger charge is 2.24. The lowest BCUT2D eigenvalue weighted by Crippen LogP contribution is -2.33. The number of pyridine rings is 1. The lowest BCUT2D eigenvalue weighted by molar-refractivity contribution is -0.119. The molecule has 12 heteroatoms. The van der Waals surface area contributed by atoms with Gasteiger partial charge in [-0.05, 0) is 59.3 Å². The molecule has 4 aromatic rings. The molecule has 0 aliphatic heterocycles. The van der Waals surface area contributed by atoms with Crippen LogP contribution in [-0.2, 0) is 4.79 Å². The molecule has 1 unspecified atom stereocenters. The van der Waals surface area contributed by atoms with Crippen molar-refractivity contribution in [3.63, 3.8) is 0 Å². The van der Waals surface area contributed by atoms with Crippen LogP contribution in [0.25, 0.3) is 16.8 Å². The number of halogens is 1. The Morgan fingerprint density at radius 1 is 1.14 bits per heavy atom. The summed E-state index contributed by atoms with van der Waals surface area (Å²) in [6.45, 7) is 1.91. The summed E-state index contributed by atoms with van der Waals surface area (Å²) in [5.74, 6) is -1.14. The minimum Gasteiger partial charge on any atom is -0.495 e. The van der Waals surface area contributed by atoms with Gasteiger partial charge in [0, 0.05) is 27.9 Å². The number of aromatic carboxylic acids is 1. The molecular formula is C25H23ClN6O5. The first-order valence-electron chi connectivity index (χ1n) is 11.3. The van der Waals surface area contributed by atoms with Gasteiger partial charge in [-0.3, -0.25) is 14.2 Å². The largest absolute Gasteiger partial charge is 0.495 e. The molecule has 0 spiro atoms. The maximum Gasteiger partial charge on any atom is 0.335 e. The number of carbonyl (C=O) groups excluding carboxylic acids is 1. The summed E-state index contributed by atoms with van der Waals surface area (Å²) in [5, 5.41) is 23.6. The Bertz CT molecular complexity index is 1480. The van der Waals surface area contributed by atoms with Crippen LogP contribution in [0.4, 0.5) is 5.69 Å². The summed E-state index contributed by atoms with van der Waals surface area (Å²) in [5.41, 5.74) is 1.69. The van der Waals surface area contributed by atoms with Gasteiger partial charge in [-0.1, -0.05) is 24.9 Å². The fraction of sp³-hybridized carbons (Fsp3) is 0.200. The standard InChI is InChI=1S/C25H23ClN6O5/c1-3-4-21(24(34)28-17-8-5-15(6-9-17)25(35)36)31-13-22(37-2)19(12-23(31)33)18-11-16(26)7-10-20(18)32-14-27-29-30-32/h5-14,21H,3-4H2,1-2H3,(H,28,34)(H,35,36). The van der Waals surface area contributed by atoms with E-state index in [1.165, 1.54) is 59.2 Å². The molecule has 11 nitrogen and oxygen atoms in total. The van der Waals surface area contributed by atoms with Crippen LogP contribution in [0.2, 0.25) is 5.02 Å². The lowest BCUT2D eigenvalue weighted by atomic mass is 10.0. The van der Waals surface area contributed by atoms with Crippen LogP contribution in [-0.4, -0.2) is 48.9 Å². The minimum atomic E-state index is -1.07. The van der Waals surface area contributed by atoms with Crippen molar-refractivity contribution < 1.29 is 19.4 Å². The van der Waals surface area contributed by atoms with Crippen molar-refractivity contribution in [2.24, 2.45) is 0 Å². The topological polar surface area (TPSA) is 141 Å². The monoisotopic (exact) mass is 522 g/mol. The van der Waals surface area contributed by atoms with Crippen LogP contribution in [0.3, 0.4) is 0 Å². The average Bonchev–Trinajstić information content (AvgIpc) is 3.42. The zero-order chi connectivity index (χ0) is 26.5. The smallest absolute Gasteiger partial charge is 0.335 e. The first kappa shape index (κ1) is 25.6. The van der Waals surface area contributed by atoms with E-state index in [2.05, 4.69) is 20.8 Å². The second-order valence-corrected chi connectivity index (χ2v) is 8.53. The molecule has 1 amide bonds. The van der Waals surface area contributed by atoms with E-state index < -0.39 is 23.5 Å². The van der Waals surface area contributed by atoms with Gasteiger partial charge in [0.2, 0.25) is 5.91 Å². The van der Waals surface area contributed by atoms with Crippen molar-refractivity contribution in [1.29, 1.82) is 0 Å². The third-order valence-electron chi connectivity index (χ3n) is 5.71. The first-order valence-corrected chi connectivity index (χ1v) is 11.7. The number of ether oxygens (including phenoxy) is 1. The molecule has 0 bridgehead atoms. The highest BCUT2D eigenvalue weighted by atomic mass is 35.5. The number of rotatable bonds is 9. The van der Waals surface area contributed by atoms with Gasteiger partial charge in [0.1, 0.15) is 18.1 Å². The molecule has 2 heterocycles. The summed E-state index contributed by atoms with van der Waals surface area (Å²) in [4.78, 5) is 37.6. The number of methoxy groups -OCH3 is 1. The molecule has 190 valence electrons. The predicted octanol–water partition coefficient (Wildman–Crippen LogP) is 3.83. The number of hydrogen-bond acceptors (Lipinski definition) is 7. The summed E-state index contributed by atoms with van der Waals surface area (Å²) in [6.07, 6.45) is 3.93. The van der Waals surface area contributed by atoms with Crippen molar-refractivity contribution in [3.05, 3.63) is 82.0 Å². The van der Waals surface area contributed by atoms with Gasteiger partial charge >= 0.3 is 5.97 Å². The van der Waals surface area contributed by atoms with E-state index in [0.29, 0.717) is 46.1 Å². The number of tetrazole rings is 1. The number of anilines is 1. The third kappa shape index (κ3) is 5.51. The first-order chi connectivity index (χ1) is 17.8. The quantitative estimate of drug-likeness (QED) is 0.338. The molecule has 2 aromatic heterocycles. The van der Waals surface area contributed by atoms with Crippen LogP contribution >= 0.6 is 11.6 Å². The molecule has 0 saturated carbocycles. The Morgan fingerprint density at radius 2 is 1.89 bits per heavy atom. The minimum absolute atomic E-state index is 0.0988. The van der Waals surface area contributed by atoms with Crippen molar-refractivity contribution in [2.45, 2.75) is 25.8 Å². The van der Waals surface area contributed by atoms with Crippen molar-refractivity contribution >= 4 is 29.2 Å². The fourth-order valence-corrected chi connectivity index (χ4v) is 4.10. The molecular weight excluding hydrogens is 500 g/mol. The maximum absolute atomic E-state index is 13.3. The van der Waals surface area contributed by atoms with E-state index in [1.807, 2.05) is 6.92 Å². The number of benzene rings is 2. The summed E-state index contributed by atoms with van der Waals surface area (Å²) in [7, 11) is 1.47. The van der Waals surface area contributed by atoms with Crippen LogP contribution < -0.4 is 15.6 Å². The van der Waals surface area contributed by atoms with Crippen molar-refractivity contribution in [3.8, 4) is 22.6 Å².